The predicted octanol–water partition coefficient (Wildman–Crippen LogP) is 4.32. The zero-order valence-corrected chi connectivity index (χ0v) is 11.4. The highest BCUT2D eigenvalue weighted by Gasteiger charge is 2.00. The lowest BCUT2D eigenvalue weighted by Crippen LogP contribution is -1.82. The van der Waals surface area contributed by atoms with E-state index < -0.39 is 0 Å². The van der Waals surface area contributed by atoms with Gasteiger partial charge in [-0.15, -0.1) is 6.42 Å². The molecule has 1 nitrogen and oxygen atoms in total. The van der Waals surface area contributed by atoms with Gasteiger partial charge in [-0.3, -0.25) is 0 Å². The summed E-state index contributed by atoms with van der Waals surface area (Å²) in [5.74, 6) is 2.87. The average molecular weight is 250 g/mol. The first-order valence-corrected chi connectivity index (χ1v) is 6.02. The molecule has 0 amide bonds. The average Bonchev–Trinajstić information content (AvgIpc) is 2.44. The molecular formula is C18H18O. The van der Waals surface area contributed by atoms with Crippen molar-refractivity contribution < 1.29 is 5.11 Å². The van der Waals surface area contributed by atoms with Crippen molar-refractivity contribution in [3.05, 3.63) is 71.3 Å². The highest BCUT2D eigenvalue weighted by atomic mass is 16.3. The molecule has 0 unspecified atom stereocenters. The molecule has 1 N–H and O–H groups in total. The van der Waals surface area contributed by atoms with Crippen LogP contribution in [-0.4, -0.2) is 5.11 Å². The van der Waals surface area contributed by atoms with Crippen LogP contribution in [0.5, 0.6) is 5.75 Å². The van der Waals surface area contributed by atoms with Crippen LogP contribution in [0.3, 0.4) is 0 Å². The van der Waals surface area contributed by atoms with E-state index in [-0.39, 0.29) is 0 Å². The number of aromatic hydroxyl groups is 1. The number of aryl methyl sites for hydroxylation is 2. The van der Waals surface area contributed by atoms with Crippen molar-refractivity contribution in [2.75, 3.05) is 0 Å². The Balaban J connectivity index is 0.000000200. The largest absolute Gasteiger partial charge is 0.507 e. The fourth-order valence-corrected chi connectivity index (χ4v) is 1.68. The van der Waals surface area contributed by atoms with Gasteiger partial charge in [0.25, 0.3) is 0 Å². The van der Waals surface area contributed by atoms with Gasteiger partial charge in [-0.2, -0.15) is 0 Å². The van der Waals surface area contributed by atoms with Crippen LogP contribution in [0, 0.1) is 26.2 Å². The number of hydrogen-bond donors (Lipinski definition) is 1. The van der Waals surface area contributed by atoms with Crippen molar-refractivity contribution in [2.45, 2.75) is 13.8 Å². The van der Waals surface area contributed by atoms with Gasteiger partial charge in [0, 0.05) is 11.1 Å². The lowest BCUT2D eigenvalue weighted by Gasteiger charge is -2.03. The Morgan fingerprint density at radius 2 is 1.79 bits per heavy atom. The third-order valence-electron chi connectivity index (χ3n) is 2.63. The van der Waals surface area contributed by atoms with Gasteiger partial charge in [0.15, 0.2) is 0 Å². The van der Waals surface area contributed by atoms with Gasteiger partial charge in [0.2, 0.25) is 0 Å². The van der Waals surface area contributed by atoms with E-state index in [1.807, 2.05) is 56.3 Å². The Morgan fingerprint density at radius 3 is 2.26 bits per heavy atom. The normalized spacial score (nSPS) is 8.89. The summed E-state index contributed by atoms with van der Waals surface area (Å²) < 4.78 is 0. The minimum atomic E-state index is 0.339. The first-order valence-electron chi connectivity index (χ1n) is 6.02. The molecule has 96 valence electrons. The molecule has 0 aromatic heterocycles. The second-order valence-electron chi connectivity index (χ2n) is 4.23. The molecule has 2 aromatic carbocycles. The summed E-state index contributed by atoms with van der Waals surface area (Å²) in [6.07, 6.45) is 6.76. The van der Waals surface area contributed by atoms with E-state index in [4.69, 9.17) is 6.42 Å². The molecule has 0 saturated heterocycles. The highest BCUT2D eigenvalue weighted by Crippen LogP contribution is 2.24. The molecule has 0 atom stereocenters. The second-order valence-corrected chi connectivity index (χ2v) is 4.23. The van der Waals surface area contributed by atoms with Gasteiger partial charge in [-0.25, -0.2) is 0 Å². The van der Waals surface area contributed by atoms with Crippen LogP contribution >= 0.6 is 0 Å². The molecule has 0 aliphatic heterocycles. The number of phenolic OH excluding ortho intramolecular Hbond substituents is 1. The van der Waals surface area contributed by atoms with Crippen LogP contribution in [0.2, 0.25) is 0 Å². The Labute approximate surface area is 115 Å². The second kappa shape index (κ2) is 7.08. The maximum atomic E-state index is 9.45. The summed E-state index contributed by atoms with van der Waals surface area (Å²) in [4.78, 5) is 0. The Hall–Kier alpha value is -2.46. The van der Waals surface area contributed by atoms with E-state index in [9.17, 15) is 5.11 Å². The molecule has 0 bridgehead atoms. The molecule has 0 radical (unpaired) electrons. The fourth-order valence-electron chi connectivity index (χ4n) is 1.68. The summed E-state index contributed by atoms with van der Waals surface area (Å²) in [5.41, 5.74) is 3.80. The van der Waals surface area contributed by atoms with Crippen LogP contribution in [0.15, 0.2) is 49.0 Å². The van der Waals surface area contributed by atoms with Gasteiger partial charge in [0.05, 0.1) is 0 Å². The molecule has 0 spiro atoms. The number of rotatable bonds is 1. The zero-order chi connectivity index (χ0) is 14.3. The summed E-state index contributed by atoms with van der Waals surface area (Å²) >= 11 is 0. The molecule has 0 fully saturated rings. The quantitative estimate of drug-likeness (QED) is 0.747. The van der Waals surface area contributed by atoms with Crippen molar-refractivity contribution in [1.29, 1.82) is 0 Å². The third-order valence-corrected chi connectivity index (χ3v) is 2.63. The van der Waals surface area contributed by atoms with Crippen LogP contribution in [0.25, 0.3) is 6.08 Å². The standard InChI is InChI=1S/C10H12O.C8H6/c1-4-9-6-7(2)5-8(3)10(9)11;1-2-8-6-4-3-5-7-8/h4-6,11H,1H2,2-3H3;1,3-7H. The van der Waals surface area contributed by atoms with Crippen molar-refractivity contribution >= 4 is 6.08 Å². The van der Waals surface area contributed by atoms with Crippen LogP contribution < -0.4 is 0 Å². The minimum absolute atomic E-state index is 0.339. The molecular weight excluding hydrogens is 232 g/mol. The number of benzene rings is 2. The Bertz CT molecular complexity index is 589. The van der Waals surface area contributed by atoms with Gasteiger partial charge >= 0.3 is 0 Å². The number of hydrogen-bond acceptors (Lipinski definition) is 1. The number of phenols is 1. The predicted molar refractivity (Wildman–Crippen MR) is 82.0 cm³/mol. The van der Waals surface area contributed by atoms with Gasteiger partial charge in [-0.05, 0) is 37.6 Å². The first kappa shape index (κ1) is 14.6. The maximum absolute atomic E-state index is 9.45. The van der Waals surface area contributed by atoms with E-state index in [0.717, 1.165) is 22.3 Å². The van der Waals surface area contributed by atoms with E-state index in [1.165, 1.54) is 0 Å². The maximum Gasteiger partial charge on any atom is 0.125 e. The van der Waals surface area contributed by atoms with Crippen LogP contribution in [0.4, 0.5) is 0 Å². The summed E-state index contributed by atoms with van der Waals surface area (Å²) in [7, 11) is 0. The SMILES string of the molecule is C#Cc1ccccc1.C=Cc1cc(C)cc(C)c1O. The van der Waals surface area contributed by atoms with Crippen molar-refractivity contribution in [2.24, 2.45) is 0 Å². The Morgan fingerprint density at radius 1 is 1.16 bits per heavy atom. The lowest BCUT2D eigenvalue weighted by molar-refractivity contribution is 0.469. The molecule has 19 heavy (non-hydrogen) atoms. The first-order chi connectivity index (χ1) is 9.08. The molecule has 0 aliphatic carbocycles. The van der Waals surface area contributed by atoms with E-state index in [2.05, 4.69) is 12.5 Å². The number of terminal acetylenes is 1. The lowest BCUT2D eigenvalue weighted by atomic mass is 10.1. The van der Waals surface area contributed by atoms with Crippen molar-refractivity contribution in [1.82, 2.24) is 0 Å². The third kappa shape index (κ3) is 4.37. The summed E-state index contributed by atoms with van der Waals surface area (Å²) in [6.45, 7) is 7.50. The van der Waals surface area contributed by atoms with Gasteiger partial charge < -0.3 is 5.11 Å². The summed E-state index contributed by atoms with van der Waals surface area (Å²) in [5, 5.41) is 9.45. The molecule has 0 saturated carbocycles. The highest BCUT2D eigenvalue weighted by molar-refractivity contribution is 5.58. The molecule has 2 rings (SSSR count). The topological polar surface area (TPSA) is 20.2 Å². The van der Waals surface area contributed by atoms with Crippen molar-refractivity contribution in [3.8, 4) is 18.1 Å². The van der Waals surface area contributed by atoms with E-state index in [0.29, 0.717) is 5.75 Å². The zero-order valence-electron chi connectivity index (χ0n) is 11.4. The van der Waals surface area contributed by atoms with E-state index >= 15 is 0 Å². The molecule has 1 heteroatoms. The van der Waals surface area contributed by atoms with Gasteiger partial charge in [-0.1, -0.05) is 48.4 Å². The van der Waals surface area contributed by atoms with Crippen LogP contribution in [0.1, 0.15) is 22.3 Å². The molecule has 2 aromatic rings. The Kier molecular flexibility index (Phi) is 5.44. The molecule has 0 heterocycles. The fraction of sp³-hybridized carbons (Fsp3) is 0.111. The molecule has 0 aliphatic rings. The summed E-state index contributed by atoms with van der Waals surface area (Å²) in [6, 6.07) is 13.5. The minimum Gasteiger partial charge on any atom is -0.507 e. The van der Waals surface area contributed by atoms with Crippen molar-refractivity contribution in [3.63, 3.8) is 0 Å². The smallest absolute Gasteiger partial charge is 0.125 e. The van der Waals surface area contributed by atoms with E-state index in [1.54, 1.807) is 6.08 Å². The van der Waals surface area contributed by atoms with Gasteiger partial charge in [0.1, 0.15) is 5.75 Å². The monoisotopic (exact) mass is 250 g/mol. The van der Waals surface area contributed by atoms with Crippen LogP contribution in [-0.2, 0) is 0 Å².